The lowest BCUT2D eigenvalue weighted by Gasteiger charge is -2.31. The van der Waals surface area contributed by atoms with Crippen molar-refractivity contribution in [3.05, 3.63) is 28.2 Å². The zero-order valence-electron chi connectivity index (χ0n) is 13.4. The van der Waals surface area contributed by atoms with Crippen molar-refractivity contribution in [1.82, 2.24) is 5.32 Å². The van der Waals surface area contributed by atoms with Gasteiger partial charge in [0, 0.05) is 29.3 Å². The number of benzene rings is 1. The molecule has 0 saturated carbocycles. The molecule has 0 aromatic heterocycles. The minimum atomic E-state index is 0.529. The van der Waals surface area contributed by atoms with Crippen LogP contribution in [-0.2, 0) is 6.54 Å². The first kappa shape index (κ1) is 17.5. The summed E-state index contributed by atoms with van der Waals surface area (Å²) in [6.07, 6.45) is 3.84. The Morgan fingerprint density at radius 2 is 1.95 bits per heavy atom. The van der Waals surface area contributed by atoms with Crippen LogP contribution >= 0.6 is 15.9 Å². The summed E-state index contributed by atoms with van der Waals surface area (Å²) < 4.78 is 1.16. The molecule has 1 aromatic rings. The molecular weight excluding hydrogens is 312 g/mol. The van der Waals surface area contributed by atoms with E-state index in [-0.39, 0.29) is 0 Å². The van der Waals surface area contributed by atoms with Gasteiger partial charge in [0.2, 0.25) is 0 Å². The molecule has 0 aliphatic rings. The highest BCUT2D eigenvalue weighted by molar-refractivity contribution is 9.10. The molecule has 0 atom stereocenters. The summed E-state index contributed by atoms with van der Waals surface area (Å²) in [5.74, 6) is 0. The van der Waals surface area contributed by atoms with E-state index in [2.05, 4.69) is 72.0 Å². The molecular formula is C17H29BrN2. The van der Waals surface area contributed by atoms with Crippen LogP contribution < -0.4 is 10.2 Å². The summed E-state index contributed by atoms with van der Waals surface area (Å²) in [6, 6.07) is 7.16. The molecule has 0 aliphatic heterocycles. The van der Waals surface area contributed by atoms with Crippen LogP contribution in [0.3, 0.4) is 0 Å². The standard InChI is InChI=1S/C17H29BrN2/c1-5-7-8-11-20(14(3)4)17-12-16(18)10-9-15(17)13-19-6-2/h9-10,12,14,19H,5-8,11,13H2,1-4H3. The second kappa shape index (κ2) is 9.41. The van der Waals surface area contributed by atoms with Gasteiger partial charge in [0.05, 0.1) is 0 Å². The van der Waals surface area contributed by atoms with E-state index in [9.17, 15) is 0 Å². The molecule has 0 amide bonds. The van der Waals surface area contributed by atoms with Crippen LogP contribution in [0.1, 0.15) is 52.5 Å². The summed E-state index contributed by atoms with van der Waals surface area (Å²) in [5, 5.41) is 3.44. The van der Waals surface area contributed by atoms with Crippen molar-refractivity contribution in [2.45, 2.75) is 59.5 Å². The highest BCUT2D eigenvalue weighted by Crippen LogP contribution is 2.27. The average Bonchev–Trinajstić information content (AvgIpc) is 2.42. The Balaban J connectivity index is 2.94. The summed E-state index contributed by atoms with van der Waals surface area (Å²) in [6.45, 7) is 12.1. The normalized spacial score (nSPS) is 11.1. The Hall–Kier alpha value is -0.540. The lowest BCUT2D eigenvalue weighted by Crippen LogP contribution is -2.33. The van der Waals surface area contributed by atoms with Gasteiger partial charge in [-0.1, -0.05) is 48.7 Å². The van der Waals surface area contributed by atoms with Crippen LogP contribution in [0.4, 0.5) is 5.69 Å². The van der Waals surface area contributed by atoms with E-state index >= 15 is 0 Å². The van der Waals surface area contributed by atoms with Crippen molar-refractivity contribution in [3.8, 4) is 0 Å². The van der Waals surface area contributed by atoms with Crippen molar-refractivity contribution in [2.24, 2.45) is 0 Å². The SMILES string of the molecule is CCCCCN(c1cc(Br)ccc1CNCC)C(C)C. The fraction of sp³-hybridized carbons (Fsp3) is 0.647. The Bertz CT molecular complexity index is 391. The number of anilines is 1. The quantitative estimate of drug-likeness (QED) is 0.639. The maximum absolute atomic E-state index is 3.62. The third kappa shape index (κ3) is 5.45. The van der Waals surface area contributed by atoms with Crippen molar-refractivity contribution in [2.75, 3.05) is 18.0 Å². The fourth-order valence-electron chi connectivity index (χ4n) is 2.40. The second-order valence-corrected chi connectivity index (χ2v) is 6.46. The molecule has 20 heavy (non-hydrogen) atoms. The number of nitrogens with one attached hydrogen (secondary N) is 1. The van der Waals surface area contributed by atoms with E-state index in [1.807, 2.05) is 0 Å². The third-order valence-electron chi connectivity index (χ3n) is 3.55. The summed E-state index contributed by atoms with van der Waals surface area (Å²) >= 11 is 3.62. The van der Waals surface area contributed by atoms with E-state index < -0.39 is 0 Å². The maximum Gasteiger partial charge on any atom is 0.0425 e. The maximum atomic E-state index is 3.62. The molecule has 0 radical (unpaired) electrons. The van der Waals surface area contributed by atoms with E-state index in [0.29, 0.717) is 6.04 Å². The molecule has 0 aliphatic carbocycles. The number of unbranched alkanes of at least 4 members (excludes halogenated alkanes) is 2. The van der Waals surface area contributed by atoms with Gasteiger partial charge in [-0.15, -0.1) is 0 Å². The molecule has 0 unspecified atom stereocenters. The molecule has 114 valence electrons. The minimum absolute atomic E-state index is 0.529. The second-order valence-electron chi connectivity index (χ2n) is 5.55. The van der Waals surface area contributed by atoms with Crippen LogP contribution in [0.25, 0.3) is 0 Å². The Morgan fingerprint density at radius 3 is 2.55 bits per heavy atom. The van der Waals surface area contributed by atoms with Gasteiger partial charge in [0.25, 0.3) is 0 Å². The summed E-state index contributed by atoms with van der Waals surface area (Å²) in [4.78, 5) is 2.53. The molecule has 1 rings (SSSR count). The number of hydrogen-bond acceptors (Lipinski definition) is 2. The molecule has 0 fully saturated rings. The van der Waals surface area contributed by atoms with Crippen LogP contribution in [0.15, 0.2) is 22.7 Å². The van der Waals surface area contributed by atoms with E-state index in [4.69, 9.17) is 0 Å². The number of halogens is 1. The lowest BCUT2D eigenvalue weighted by atomic mass is 10.1. The highest BCUT2D eigenvalue weighted by atomic mass is 79.9. The van der Waals surface area contributed by atoms with Gasteiger partial charge in [0.15, 0.2) is 0 Å². The van der Waals surface area contributed by atoms with Crippen LogP contribution in [0.2, 0.25) is 0 Å². The lowest BCUT2D eigenvalue weighted by molar-refractivity contribution is 0.620. The molecule has 1 aromatic carbocycles. The predicted octanol–water partition coefficient (Wildman–Crippen LogP) is 4.96. The Kier molecular flexibility index (Phi) is 8.24. The number of rotatable bonds is 9. The number of nitrogens with zero attached hydrogens (tertiary/aromatic N) is 1. The van der Waals surface area contributed by atoms with Gasteiger partial charge in [-0.05, 0) is 44.5 Å². The smallest absolute Gasteiger partial charge is 0.0425 e. The van der Waals surface area contributed by atoms with Gasteiger partial charge < -0.3 is 10.2 Å². The fourth-order valence-corrected chi connectivity index (χ4v) is 2.75. The van der Waals surface area contributed by atoms with E-state index in [1.54, 1.807) is 0 Å². The molecule has 2 nitrogen and oxygen atoms in total. The van der Waals surface area contributed by atoms with Crippen molar-refractivity contribution in [1.29, 1.82) is 0 Å². The predicted molar refractivity (Wildman–Crippen MR) is 93.5 cm³/mol. The van der Waals surface area contributed by atoms with Crippen LogP contribution in [0.5, 0.6) is 0 Å². The van der Waals surface area contributed by atoms with Crippen LogP contribution in [0, 0.1) is 0 Å². The molecule has 0 saturated heterocycles. The monoisotopic (exact) mass is 340 g/mol. The number of hydrogen-bond donors (Lipinski definition) is 1. The zero-order valence-corrected chi connectivity index (χ0v) is 15.0. The summed E-state index contributed by atoms with van der Waals surface area (Å²) in [5.41, 5.74) is 2.76. The first-order valence-electron chi connectivity index (χ1n) is 7.85. The van der Waals surface area contributed by atoms with Crippen molar-refractivity contribution in [3.63, 3.8) is 0 Å². The van der Waals surface area contributed by atoms with Crippen molar-refractivity contribution < 1.29 is 0 Å². The first-order chi connectivity index (χ1) is 9.60. The Morgan fingerprint density at radius 1 is 1.20 bits per heavy atom. The van der Waals surface area contributed by atoms with Crippen LogP contribution in [-0.4, -0.2) is 19.1 Å². The van der Waals surface area contributed by atoms with E-state index in [0.717, 1.165) is 24.1 Å². The Labute approximate surface area is 133 Å². The van der Waals surface area contributed by atoms with Gasteiger partial charge in [-0.25, -0.2) is 0 Å². The topological polar surface area (TPSA) is 15.3 Å². The van der Waals surface area contributed by atoms with Gasteiger partial charge in [0.1, 0.15) is 0 Å². The summed E-state index contributed by atoms with van der Waals surface area (Å²) in [7, 11) is 0. The highest BCUT2D eigenvalue weighted by Gasteiger charge is 2.14. The molecule has 1 N–H and O–H groups in total. The largest absolute Gasteiger partial charge is 0.369 e. The van der Waals surface area contributed by atoms with E-state index in [1.165, 1.54) is 30.5 Å². The zero-order chi connectivity index (χ0) is 15.0. The van der Waals surface area contributed by atoms with Gasteiger partial charge in [-0.3, -0.25) is 0 Å². The molecule has 0 bridgehead atoms. The van der Waals surface area contributed by atoms with Gasteiger partial charge >= 0.3 is 0 Å². The average molecular weight is 341 g/mol. The minimum Gasteiger partial charge on any atom is -0.369 e. The van der Waals surface area contributed by atoms with Crippen molar-refractivity contribution >= 4 is 21.6 Å². The molecule has 3 heteroatoms. The third-order valence-corrected chi connectivity index (χ3v) is 4.04. The molecule has 0 heterocycles. The molecule has 0 spiro atoms. The van der Waals surface area contributed by atoms with Gasteiger partial charge in [-0.2, -0.15) is 0 Å². The first-order valence-corrected chi connectivity index (χ1v) is 8.65.